The average Bonchev–Trinajstić information content (AvgIpc) is 3.14. The summed E-state index contributed by atoms with van der Waals surface area (Å²) in [6.07, 6.45) is -0.326. The molecule has 0 saturated carbocycles. The third-order valence-electron chi connectivity index (χ3n) is 5.44. The van der Waals surface area contributed by atoms with E-state index in [1.165, 1.54) is 45.5 Å². The summed E-state index contributed by atoms with van der Waals surface area (Å²) < 4.78 is 34.1. The minimum absolute atomic E-state index is 0.163. The van der Waals surface area contributed by atoms with E-state index in [0.717, 1.165) is 10.2 Å². The zero-order chi connectivity index (χ0) is 23.0. The number of benzene rings is 2. The number of thiazole rings is 1. The summed E-state index contributed by atoms with van der Waals surface area (Å²) >= 11 is 1.42. The highest BCUT2D eigenvalue weighted by molar-refractivity contribution is 7.89. The predicted molar refractivity (Wildman–Crippen MR) is 127 cm³/mol. The van der Waals surface area contributed by atoms with Gasteiger partial charge in [0.2, 0.25) is 10.0 Å². The lowest BCUT2D eigenvalue weighted by Crippen LogP contribution is -2.48. The maximum atomic E-state index is 13.0. The van der Waals surface area contributed by atoms with E-state index in [-0.39, 0.29) is 23.0 Å². The number of fused-ring (bicyclic) bond motifs is 1. The molecular weight excluding hydrogens is 446 g/mol. The Morgan fingerprint density at radius 2 is 1.78 bits per heavy atom. The van der Waals surface area contributed by atoms with Crippen molar-refractivity contribution in [2.75, 3.05) is 18.4 Å². The lowest BCUT2D eigenvalue weighted by atomic mass is 10.0. The van der Waals surface area contributed by atoms with E-state index in [1.807, 2.05) is 26.0 Å². The molecule has 2 atom stereocenters. The van der Waals surface area contributed by atoms with Gasteiger partial charge in [0.15, 0.2) is 5.13 Å². The summed E-state index contributed by atoms with van der Waals surface area (Å²) in [6, 6.07) is 12.1. The quantitative estimate of drug-likeness (QED) is 0.591. The van der Waals surface area contributed by atoms with Crippen LogP contribution in [0.2, 0.25) is 0 Å². The van der Waals surface area contributed by atoms with Crippen LogP contribution >= 0.6 is 11.3 Å². The predicted octanol–water partition coefficient (Wildman–Crippen LogP) is 4.47. The third kappa shape index (κ3) is 4.71. The normalized spacial score (nSPS) is 20.0. The summed E-state index contributed by atoms with van der Waals surface area (Å²) in [7, 11) is -3.65. The van der Waals surface area contributed by atoms with Crippen molar-refractivity contribution in [2.45, 2.75) is 50.7 Å². The van der Waals surface area contributed by atoms with Crippen molar-refractivity contribution in [2.24, 2.45) is 0 Å². The molecule has 1 aliphatic heterocycles. The number of morpholine rings is 1. The molecule has 2 heterocycles. The van der Waals surface area contributed by atoms with E-state index < -0.39 is 10.0 Å². The highest BCUT2D eigenvalue weighted by Gasteiger charge is 2.32. The number of anilines is 1. The minimum atomic E-state index is -3.65. The Morgan fingerprint density at radius 1 is 1.12 bits per heavy atom. The zero-order valence-electron chi connectivity index (χ0n) is 18.5. The number of hydrogen-bond acceptors (Lipinski definition) is 6. The molecule has 0 aliphatic carbocycles. The molecule has 1 aromatic heterocycles. The van der Waals surface area contributed by atoms with Crippen molar-refractivity contribution >= 4 is 42.6 Å². The summed E-state index contributed by atoms with van der Waals surface area (Å²) in [5.41, 5.74) is 2.43. The summed E-state index contributed by atoms with van der Waals surface area (Å²) in [5.74, 6) is 0.0870. The van der Waals surface area contributed by atoms with Crippen LogP contribution in [0.1, 0.15) is 49.5 Å². The van der Waals surface area contributed by atoms with Gasteiger partial charge >= 0.3 is 0 Å². The third-order valence-corrected chi connectivity index (χ3v) is 8.22. The Morgan fingerprint density at radius 3 is 2.41 bits per heavy atom. The molecule has 4 rings (SSSR count). The smallest absolute Gasteiger partial charge is 0.257 e. The number of nitrogens with one attached hydrogen (secondary N) is 1. The lowest BCUT2D eigenvalue weighted by Gasteiger charge is -2.34. The van der Waals surface area contributed by atoms with Gasteiger partial charge < -0.3 is 4.74 Å². The van der Waals surface area contributed by atoms with Crippen molar-refractivity contribution in [1.29, 1.82) is 0 Å². The maximum absolute atomic E-state index is 13.0. The number of carbonyl (C=O) groups excluding carboxylic acids is 1. The molecule has 32 heavy (non-hydrogen) atoms. The monoisotopic (exact) mass is 473 g/mol. The van der Waals surface area contributed by atoms with Crippen LogP contribution in [-0.2, 0) is 14.8 Å². The number of sulfonamides is 1. The Hall–Kier alpha value is -2.33. The first-order chi connectivity index (χ1) is 15.1. The molecule has 0 bridgehead atoms. The molecule has 2 unspecified atom stereocenters. The molecule has 2 aromatic carbocycles. The minimum Gasteiger partial charge on any atom is -0.373 e. The molecule has 0 radical (unpaired) electrons. The van der Waals surface area contributed by atoms with Crippen LogP contribution in [0.5, 0.6) is 0 Å². The van der Waals surface area contributed by atoms with Crippen LogP contribution < -0.4 is 5.32 Å². The van der Waals surface area contributed by atoms with Crippen molar-refractivity contribution in [3.8, 4) is 0 Å². The number of rotatable bonds is 5. The second-order valence-corrected chi connectivity index (χ2v) is 11.4. The molecule has 1 aliphatic rings. The van der Waals surface area contributed by atoms with Crippen molar-refractivity contribution in [3.63, 3.8) is 0 Å². The number of nitrogens with zero attached hydrogens (tertiary/aromatic N) is 2. The molecule has 1 saturated heterocycles. The van der Waals surface area contributed by atoms with Crippen LogP contribution in [0.4, 0.5) is 5.13 Å². The second-order valence-electron chi connectivity index (χ2n) is 8.46. The van der Waals surface area contributed by atoms with Crippen LogP contribution in [0.15, 0.2) is 47.4 Å². The van der Waals surface area contributed by atoms with Gasteiger partial charge in [0.1, 0.15) is 0 Å². The number of ether oxygens (including phenoxy) is 1. The average molecular weight is 474 g/mol. The highest BCUT2D eigenvalue weighted by atomic mass is 32.2. The first kappa shape index (κ1) is 22.8. The Balaban J connectivity index is 1.49. The number of amides is 1. The van der Waals surface area contributed by atoms with Gasteiger partial charge in [-0.25, -0.2) is 13.4 Å². The maximum Gasteiger partial charge on any atom is 0.257 e. The van der Waals surface area contributed by atoms with Gasteiger partial charge in [-0.05, 0) is 61.7 Å². The molecule has 1 N–H and O–H groups in total. The molecule has 0 spiro atoms. The summed E-state index contributed by atoms with van der Waals surface area (Å²) in [4.78, 5) is 17.3. The van der Waals surface area contributed by atoms with Crippen molar-refractivity contribution < 1.29 is 17.9 Å². The van der Waals surface area contributed by atoms with Gasteiger partial charge in [-0.2, -0.15) is 4.31 Å². The fourth-order valence-electron chi connectivity index (χ4n) is 3.78. The summed E-state index contributed by atoms with van der Waals surface area (Å²) in [5, 5.41) is 3.33. The van der Waals surface area contributed by atoms with Crippen LogP contribution in [0.3, 0.4) is 0 Å². The Labute approximate surface area is 192 Å². The van der Waals surface area contributed by atoms with Gasteiger partial charge in [0, 0.05) is 18.7 Å². The largest absolute Gasteiger partial charge is 0.373 e. The second kappa shape index (κ2) is 8.90. The number of carbonyl (C=O) groups is 1. The molecular formula is C23H27N3O4S2. The van der Waals surface area contributed by atoms with Gasteiger partial charge in [-0.15, -0.1) is 0 Å². The Kier molecular flexibility index (Phi) is 6.35. The molecule has 9 heteroatoms. The van der Waals surface area contributed by atoms with Gasteiger partial charge in [-0.3, -0.25) is 10.1 Å². The van der Waals surface area contributed by atoms with Crippen molar-refractivity contribution in [1.82, 2.24) is 9.29 Å². The fourth-order valence-corrected chi connectivity index (χ4v) is 6.28. The fraction of sp³-hybridized carbons (Fsp3) is 0.391. The van der Waals surface area contributed by atoms with E-state index in [2.05, 4.69) is 30.2 Å². The van der Waals surface area contributed by atoms with Gasteiger partial charge in [0.05, 0.1) is 27.3 Å². The zero-order valence-corrected chi connectivity index (χ0v) is 20.2. The SMILES string of the molecule is CC1CN(S(=O)(=O)c2ccc(C(=O)Nc3nc4ccc(C(C)C)cc4s3)cc2)CC(C)O1. The Bertz CT molecular complexity index is 1230. The van der Waals surface area contributed by atoms with Crippen LogP contribution in [-0.4, -0.2) is 48.9 Å². The van der Waals surface area contributed by atoms with E-state index in [9.17, 15) is 13.2 Å². The molecule has 7 nitrogen and oxygen atoms in total. The summed E-state index contributed by atoms with van der Waals surface area (Å²) in [6.45, 7) is 8.61. The van der Waals surface area contributed by atoms with E-state index in [4.69, 9.17) is 4.74 Å². The lowest BCUT2D eigenvalue weighted by molar-refractivity contribution is -0.0440. The van der Waals surface area contributed by atoms with Crippen molar-refractivity contribution in [3.05, 3.63) is 53.6 Å². The molecule has 3 aromatic rings. The van der Waals surface area contributed by atoms with E-state index in [0.29, 0.717) is 29.7 Å². The van der Waals surface area contributed by atoms with Gasteiger partial charge in [-0.1, -0.05) is 31.3 Å². The van der Waals surface area contributed by atoms with E-state index >= 15 is 0 Å². The topological polar surface area (TPSA) is 88.6 Å². The molecule has 1 fully saturated rings. The highest BCUT2D eigenvalue weighted by Crippen LogP contribution is 2.29. The first-order valence-electron chi connectivity index (χ1n) is 10.6. The molecule has 1 amide bonds. The standard InChI is InChI=1S/C23H27N3O4S2/c1-14(2)18-7-10-20-21(11-18)31-23(24-20)25-22(27)17-5-8-19(9-6-17)32(28,29)26-12-15(3)30-16(4)13-26/h5-11,14-16H,12-13H2,1-4H3,(H,24,25,27). The van der Waals surface area contributed by atoms with Crippen LogP contribution in [0.25, 0.3) is 10.2 Å². The number of hydrogen-bond donors (Lipinski definition) is 1. The molecule has 170 valence electrons. The number of aromatic nitrogens is 1. The van der Waals surface area contributed by atoms with Crippen LogP contribution in [0, 0.1) is 0 Å². The van der Waals surface area contributed by atoms with E-state index in [1.54, 1.807) is 0 Å². The first-order valence-corrected chi connectivity index (χ1v) is 12.9. The van der Waals surface area contributed by atoms with Gasteiger partial charge in [0.25, 0.3) is 5.91 Å².